The predicted octanol–water partition coefficient (Wildman–Crippen LogP) is 2.45. The number of halogens is 2. The number of nitrogens with one attached hydrogen (secondary N) is 1. The molecule has 2 N–H and O–H groups in total. The van der Waals surface area contributed by atoms with Gasteiger partial charge in [0.2, 0.25) is 5.00 Å². The molecule has 1 aromatic carbocycles. The van der Waals surface area contributed by atoms with Gasteiger partial charge in [-0.2, -0.15) is 0 Å². The smallest absolute Gasteiger partial charge is 0.347 e. The van der Waals surface area contributed by atoms with E-state index in [4.69, 9.17) is 28.3 Å². The van der Waals surface area contributed by atoms with E-state index >= 15 is 0 Å². The summed E-state index contributed by atoms with van der Waals surface area (Å²) in [5.41, 5.74) is 0.310. The highest BCUT2D eigenvalue weighted by atomic mass is 35.5. The van der Waals surface area contributed by atoms with Gasteiger partial charge in [0.25, 0.3) is 5.91 Å². The van der Waals surface area contributed by atoms with E-state index in [0.29, 0.717) is 5.56 Å². The third-order valence-electron chi connectivity index (χ3n) is 2.44. The summed E-state index contributed by atoms with van der Waals surface area (Å²) < 4.78 is 0. The first kappa shape index (κ1) is 14.8. The van der Waals surface area contributed by atoms with E-state index in [0.717, 1.165) is 0 Å². The molecule has 0 aliphatic carbocycles. The summed E-state index contributed by atoms with van der Waals surface area (Å²) in [6, 6.07) is 8.17. The van der Waals surface area contributed by atoms with Crippen molar-refractivity contribution < 1.29 is 14.7 Å². The lowest BCUT2D eigenvalue weighted by atomic mass is 10.0. The lowest BCUT2D eigenvalue weighted by molar-refractivity contribution is -0.141. The van der Waals surface area contributed by atoms with E-state index in [1.807, 2.05) is 0 Å². The molecule has 1 aromatic rings. The third kappa shape index (κ3) is 2.94. The Morgan fingerprint density at radius 1 is 1.17 bits per heavy atom. The number of carboxylic acids is 1. The van der Waals surface area contributed by atoms with Gasteiger partial charge in [0.1, 0.15) is 0 Å². The zero-order valence-electron chi connectivity index (χ0n) is 9.91. The van der Waals surface area contributed by atoms with E-state index in [2.05, 4.69) is 5.32 Å². The van der Waals surface area contributed by atoms with Crippen LogP contribution < -0.4 is 5.32 Å². The molecule has 0 unspecified atom stereocenters. The summed E-state index contributed by atoms with van der Waals surface area (Å²) in [5, 5.41) is 11.4. The maximum absolute atomic E-state index is 11.9. The highest BCUT2D eigenvalue weighted by molar-refractivity contribution is 6.42. The Morgan fingerprint density at radius 3 is 2.06 bits per heavy atom. The van der Waals surface area contributed by atoms with Gasteiger partial charge in [-0.1, -0.05) is 29.8 Å². The molecular weight excluding hydrogens is 277 g/mol. The quantitative estimate of drug-likeness (QED) is 0.661. The molecule has 1 amide bonds. The Kier molecular flexibility index (Phi) is 4.24. The number of amides is 1. The molecule has 0 saturated heterocycles. The first-order valence-corrected chi connectivity index (χ1v) is 5.93. The fraction of sp³-hybridized carbons (Fsp3) is 0.333. The number of carbonyl (C=O) groups is 2. The molecule has 0 bridgehead atoms. The van der Waals surface area contributed by atoms with Gasteiger partial charge < -0.3 is 10.4 Å². The fourth-order valence-corrected chi connectivity index (χ4v) is 1.49. The second-order valence-corrected chi connectivity index (χ2v) is 5.77. The van der Waals surface area contributed by atoms with Crippen molar-refractivity contribution in [3.05, 3.63) is 35.9 Å². The van der Waals surface area contributed by atoms with Crippen LogP contribution in [0.2, 0.25) is 0 Å². The third-order valence-corrected chi connectivity index (χ3v) is 3.54. The SMILES string of the molecule is CC(C)(Cl)[C@](Cl)(NC(=O)c1ccccc1)C(=O)O. The number of carbonyl (C=O) groups excluding carboxylic acids is 1. The van der Waals surface area contributed by atoms with E-state index < -0.39 is 21.7 Å². The largest absolute Gasteiger partial charge is 0.479 e. The van der Waals surface area contributed by atoms with Crippen molar-refractivity contribution in [2.75, 3.05) is 0 Å². The number of rotatable bonds is 4. The molecule has 4 nitrogen and oxygen atoms in total. The van der Waals surface area contributed by atoms with Gasteiger partial charge >= 0.3 is 5.97 Å². The summed E-state index contributed by atoms with van der Waals surface area (Å²) in [4.78, 5) is 19.7. The zero-order valence-corrected chi connectivity index (χ0v) is 11.4. The topological polar surface area (TPSA) is 66.4 Å². The number of benzene rings is 1. The van der Waals surface area contributed by atoms with Crippen LogP contribution in [0.5, 0.6) is 0 Å². The second kappa shape index (κ2) is 5.16. The second-order valence-electron chi connectivity index (χ2n) is 4.26. The normalized spacial score (nSPS) is 14.7. The standard InChI is InChI=1S/C12H13Cl2NO3/c1-11(2,13)12(14,10(17)18)15-9(16)8-6-4-3-5-7-8/h3-7H,1-2H3,(H,15,16)(H,17,18)/t12-/m1/s1. The number of hydrogen-bond donors (Lipinski definition) is 2. The molecule has 98 valence electrons. The maximum atomic E-state index is 11.9. The minimum Gasteiger partial charge on any atom is -0.479 e. The molecule has 0 aliphatic rings. The molecule has 6 heteroatoms. The first-order chi connectivity index (χ1) is 8.18. The number of hydrogen-bond acceptors (Lipinski definition) is 2. The molecule has 1 rings (SSSR count). The van der Waals surface area contributed by atoms with Crippen LogP contribution in [0.1, 0.15) is 24.2 Å². The first-order valence-electron chi connectivity index (χ1n) is 5.17. The monoisotopic (exact) mass is 289 g/mol. The van der Waals surface area contributed by atoms with E-state index in [1.165, 1.54) is 13.8 Å². The highest BCUT2D eigenvalue weighted by Crippen LogP contribution is 2.33. The van der Waals surface area contributed by atoms with Gasteiger partial charge in [0, 0.05) is 5.56 Å². The lowest BCUT2D eigenvalue weighted by Crippen LogP contribution is -2.60. The van der Waals surface area contributed by atoms with Gasteiger partial charge in [0.05, 0.1) is 4.87 Å². The molecule has 0 aromatic heterocycles. The Bertz CT molecular complexity index is 456. The Balaban J connectivity index is 3.01. The number of carboxylic acid groups (broad SMARTS) is 1. The molecule has 0 radical (unpaired) electrons. The molecule has 0 spiro atoms. The Hall–Kier alpha value is -1.26. The molecular formula is C12H13Cl2NO3. The average Bonchev–Trinajstić information content (AvgIpc) is 2.28. The average molecular weight is 290 g/mol. The zero-order chi connectivity index (χ0) is 14.0. The van der Waals surface area contributed by atoms with Crippen LogP contribution in [0.15, 0.2) is 30.3 Å². The summed E-state index contributed by atoms with van der Waals surface area (Å²) in [7, 11) is 0. The minimum absolute atomic E-state index is 0.310. The summed E-state index contributed by atoms with van der Waals surface area (Å²) in [6.07, 6.45) is 0. The summed E-state index contributed by atoms with van der Waals surface area (Å²) in [6.45, 7) is 2.84. The van der Waals surface area contributed by atoms with E-state index in [9.17, 15) is 9.59 Å². The van der Waals surface area contributed by atoms with Crippen LogP contribution in [0.25, 0.3) is 0 Å². The van der Waals surface area contributed by atoms with E-state index in [-0.39, 0.29) is 0 Å². The maximum Gasteiger partial charge on any atom is 0.347 e. The lowest BCUT2D eigenvalue weighted by Gasteiger charge is -2.34. The van der Waals surface area contributed by atoms with Crippen molar-refractivity contribution >= 4 is 35.1 Å². The Labute approximate surface area is 115 Å². The van der Waals surface area contributed by atoms with Crippen LogP contribution in [0.4, 0.5) is 0 Å². The molecule has 18 heavy (non-hydrogen) atoms. The molecule has 0 heterocycles. The van der Waals surface area contributed by atoms with E-state index in [1.54, 1.807) is 30.3 Å². The fourth-order valence-electron chi connectivity index (χ4n) is 1.27. The van der Waals surface area contributed by atoms with Crippen molar-refractivity contribution in [2.45, 2.75) is 23.7 Å². The number of aliphatic carboxylic acids is 1. The molecule has 1 atom stereocenters. The van der Waals surface area contributed by atoms with Gasteiger partial charge in [-0.05, 0) is 26.0 Å². The van der Waals surface area contributed by atoms with Gasteiger partial charge in [0.15, 0.2) is 0 Å². The van der Waals surface area contributed by atoms with Gasteiger partial charge in [-0.15, -0.1) is 11.6 Å². The predicted molar refractivity (Wildman–Crippen MR) is 70.1 cm³/mol. The van der Waals surface area contributed by atoms with Crippen LogP contribution >= 0.6 is 23.2 Å². The number of alkyl halides is 2. The van der Waals surface area contributed by atoms with Crippen LogP contribution in [-0.4, -0.2) is 26.9 Å². The summed E-state index contributed by atoms with van der Waals surface area (Å²) in [5.74, 6) is -2.00. The van der Waals surface area contributed by atoms with Crippen molar-refractivity contribution in [3.63, 3.8) is 0 Å². The molecule has 0 aliphatic heterocycles. The van der Waals surface area contributed by atoms with Crippen LogP contribution in [0.3, 0.4) is 0 Å². The van der Waals surface area contributed by atoms with Crippen molar-refractivity contribution in [3.8, 4) is 0 Å². The van der Waals surface area contributed by atoms with Gasteiger partial charge in [-0.3, -0.25) is 4.79 Å². The van der Waals surface area contributed by atoms with Crippen LogP contribution in [-0.2, 0) is 4.79 Å². The van der Waals surface area contributed by atoms with Gasteiger partial charge in [-0.25, -0.2) is 4.79 Å². The summed E-state index contributed by atoms with van der Waals surface area (Å²) >= 11 is 11.9. The molecule has 0 saturated carbocycles. The Morgan fingerprint density at radius 2 is 1.67 bits per heavy atom. The van der Waals surface area contributed by atoms with Crippen molar-refractivity contribution in [1.82, 2.24) is 5.32 Å². The molecule has 0 fully saturated rings. The highest BCUT2D eigenvalue weighted by Gasteiger charge is 2.50. The van der Waals surface area contributed by atoms with Crippen molar-refractivity contribution in [2.24, 2.45) is 0 Å². The van der Waals surface area contributed by atoms with Crippen molar-refractivity contribution in [1.29, 1.82) is 0 Å². The van der Waals surface area contributed by atoms with Crippen LogP contribution in [0, 0.1) is 0 Å². The minimum atomic E-state index is -2.08.